The highest BCUT2D eigenvalue weighted by Gasteiger charge is 2.06. The van der Waals surface area contributed by atoms with Gasteiger partial charge in [0, 0.05) is 34.7 Å². The Labute approximate surface area is 131 Å². The average molecular weight is 317 g/mol. The van der Waals surface area contributed by atoms with Gasteiger partial charge in [0.05, 0.1) is 4.92 Å². The van der Waals surface area contributed by atoms with Crippen LogP contribution in [0.25, 0.3) is 10.9 Å². The van der Waals surface area contributed by atoms with Crippen molar-refractivity contribution >= 4 is 34.0 Å². The minimum Gasteiger partial charge on any atom is -0.370 e. The molecule has 2 N–H and O–H groups in total. The van der Waals surface area contributed by atoms with E-state index in [4.69, 9.17) is 11.6 Å². The standard InChI is InChI=1S/C15H13ClN4O2/c16-11-1-3-14-13(7-11)10(8-18-14)5-6-17-15-4-2-12(9-19-15)20(21)22/h1-4,7-9,18H,5-6H2,(H,17,19). The molecule has 0 aliphatic rings. The number of nitro groups is 1. The summed E-state index contributed by atoms with van der Waals surface area (Å²) in [6.45, 7) is 0.671. The van der Waals surface area contributed by atoms with Crippen molar-refractivity contribution in [3.63, 3.8) is 0 Å². The maximum atomic E-state index is 10.6. The van der Waals surface area contributed by atoms with Gasteiger partial charge in [-0.05, 0) is 36.2 Å². The number of hydrogen-bond donors (Lipinski definition) is 2. The van der Waals surface area contributed by atoms with Gasteiger partial charge in [0.2, 0.25) is 0 Å². The van der Waals surface area contributed by atoms with Crippen LogP contribution < -0.4 is 5.32 Å². The van der Waals surface area contributed by atoms with Crippen molar-refractivity contribution in [2.45, 2.75) is 6.42 Å². The van der Waals surface area contributed by atoms with Gasteiger partial charge < -0.3 is 10.3 Å². The second-order valence-electron chi connectivity index (χ2n) is 4.84. The van der Waals surface area contributed by atoms with Gasteiger partial charge >= 0.3 is 0 Å². The molecular weight excluding hydrogens is 304 g/mol. The summed E-state index contributed by atoms with van der Waals surface area (Å²) in [5.41, 5.74) is 2.19. The molecule has 112 valence electrons. The van der Waals surface area contributed by atoms with Crippen LogP contribution in [0.2, 0.25) is 5.02 Å². The summed E-state index contributed by atoms with van der Waals surface area (Å²) in [5, 5.41) is 15.5. The van der Waals surface area contributed by atoms with E-state index in [0.29, 0.717) is 17.4 Å². The lowest BCUT2D eigenvalue weighted by atomic mass is 10.1. The maximum Gasteiger partial charge on any atom is 0.287 e. The fraction of sp³-hybridized carbons (Fsp3) is 0.133. The third-order valence-corrected chi connectivity index (χ3v) is 3.62. The topological polar surface area (TPSA) is 83.9 Å². The average Bonchev–Trinajstić information content (AvgIpc) is 2.90. The van der Waals surface area contributed by atoms with Crippen LogP contribution in [0, 0.1) is 10.1 Å². The lowest BCUT2D eigenvalue weighted by Crippen LogP contribution is -2.06. The van der Waals surface area contributed by atoms with Crippen LogP contribution in [-0.4, -0.2) is 21.4 Å². The van der Waals surface area contributed by atoms with Crippen LogP contribution in [0.15, 0.2) is 42.7 Å². The second kappa shape index (κ2) is 6.03. The number of H-pyrrole nitrogens is 1. The zero-order valence-corrected chi connectivity index (χ0v) is 12.3. The van der Waals surface area contributed by atoms with Gasteiger partial charge in [-0.25, -0.2) is 4.98 Å². The quantitative estimate of drug-likeness (QED) is 0.554. The van der Waals surface area contributed by atoms with Gasteiger partial charge in [0.15, 0.2) is 0 Å². The second-order valence-corrected chi connectivity index (χ2v) is 5.28. The molecule has 0 radical (unpaired) electrons. The van der Waals surface area contributed by atoms with Gasteiger partial charge in [0.1, 0.15) is 12.0 Å². The Morgan fingerprint density at radius 3 is 2.91 bits per heavy atom. The highest BCUT2D eigenvalue weighted by atomic mass is 35.5. The zero-order valence-electron chi connectivity index (χ0n) is 11.5. The molecule has 0 unspecified atom stereocenters. The lowest BCUT2D eigenvalue weighted by molar-refractivity contribution is -0.385. The molecule has 0 saturated heterocycles. The summed E-state index contributed by atoms with van der Waals surface area (Å²) in [6.07, 6.45) is 4.00. The first-order chi connectivity index (χ1) is 10.6. The Hall–Kier alpha value is -2.60. The van der Waals surface area contributed by atoms with Crippen molar-refractivity contribution in [2.24, 2.45) is 0 Å². The van der Waals surface area contributed by atoms with E-state index in [1.54, 1.807) is 6.07 Å². The molecule has 0 spiro atoms. The Morgan fingerprint density at radius 2 is 2.18 bits per heavy atom. The van der Waals surface area contributed by atoms with Gasteiger partial charge in [-0.2, -0.15) is 0 Å². The molecule has 1 aromatic carbocycles. The van der Waals surface area contributed by atoms with Crippen molar-refractivity contribution in [2.75, 3.05) is 11.9 Å². The number of benzene rings is 1. The minimum absolute atomic E-state index is 0.0168. The number of rotatable bonds is 5. The summed E-state index contributed by atoms with van der Waals surface area (Å²) in [7, 11) is 0. The fourth-order valence-corrected chi connectivity index (χ4v) is 2.45. The minimum atomic E-state index is -0.466. The number of aromatic nitrogens is 2. The number of anilines is 1. The summed E-state index contributed by atoms with van der Waals surface area (Å²) < 4.78 is 0. The molecule has 0 amide bonds. The first-order valence-corrected chi connectivity index (χ1v) is 7.11. The van der Waals surface area contributed by atoms with E-state index < -0.39 is 4.92 Å². The van der Waals surface area contributed by atoms with Gasteiger partial charge in [-0.15, -0.1) is 0 Å². The number of pyridine rings is 1. The molecule has 0 bridgehead atoms. The van der Waals surface area contributed by atoms with Gasteiger partial charge in [0.25, 0.3) is 5.69 Å². The number of aromatic amines is 1. The van der Waals surface area contributed by atoms with E-state index in [1.807, 2.05) is 24.4 Å². The smallest absolute Gasteiger partial charge is 0.287 e. The van der Waals surface area contributed by atoms with E-state index in [0.717, 1.165) is 22.9 Å². The predicted molar refractivity (Wildman–Crippen MR) is 86.4 cm³/mol. The van der Waals surface area contributed by atoms with Crippen molar-refractivity contribution in [1.29, 1.82) is 0 Å². The number of halogens is 1. The van der Waals surface area contributed by atoms with E-state index in [9.17, 15) is 10.1 Å². The summed E-state index contributed by atoms with van der Waals surface area (Å²) in [4.78, 5) is 17.3. The van der Waals surface area contributed by atoms with E-state index in [-0.39, 0.29) is 5.69 Å². The number of fused-ring (bicyclic) bond motifs is 1. The Balaban J connectivity index is 1.64. The van der Waals surface area contributed by atoms with Gasteiger partial charge in [-0.3, -0.25) is 10.1 Å². The monoisotopic (exact) mass is 316 g/mol. The lowest BCUT2D eigenvalue weighted by Gasteiger charge is -2.04. The molecule has 0 aliphatic heterocycles. The Kier molecular flexibility index (Phi) is 3.93. The third kappa shape index (κ3) is 3.01. The SMILES string of the molecule is O=[N+]([O-])c1ccc(NCCc2c[nH]c3ccc(Cl)cc23)nc1. The van der Waals surface area contributed by atoms with Crippen LogP contribution in [0.4, 0.5) is 11.5 Å². The summed E-state index contributed by atoms with van der Waals surface area (Å²) in [5.74, 6) is 0.614. The molecule has 2 heterocycles. The predicted octanol–water partition coefficient (Wildman–Crippen LogP) is 3.78. The number of nitrogens with zero attached hydrogens (tertiary/aromatic N) is 2. The summed E-state index contributed by atoms with van der Waals surface area (Å²) in [6, 6.07) is 8.77. The zero-order chi connectivity index (χ0) is 15.5. The van der Waals surface area contributed by atoms with Crippen LogP contribution >= 0.6 is 11.6 Å². The first-order valence-electron chi connectivity index (χ1n) is 6.73. The van der Waals surface area contributed by atoms with Crippen molar-refractivity contribution in [1.82, 2.24) is 9.97 Å². The van der Waals surface area contributed by atoms with Gasteiger partial charge in [-0.1, -0.05) is 11.6 Å². The van der Waals surface area contributed by atoms with Crippen LogP contribution in [0.5, 0.6) is 0 Å². The fourth-order valence-electron chi connectivity index (χ4n) is 2.28. The van der Waals surface area contributed by atoms with Crippen LogP contribution in [0.3, 0.4) is 0 Å². The highest BCUT2D eigenvalue weighted by molar-refractivity contribution is 6.31. The molecule has 0 atom stereocenters. The molecule has 0 aliphatic carbocycles. The van der Waals surface area contributed by atoms with E-state index >= 15 is 0 Å². The molecule has 22 heavy (non-hydrogen) atoms. The molecule has 6 nitrogen and oxygen atoms in total. The van der Waals surface area contributed by atoms with Crippen molar-refractivity contribution in [3.8, 4) is 0 Å². The molecule has 0 fully saturated rings. The summed E-state index contributed by atoms with van der Waals surface area (Å²) >= 11 is 6.02. The number of nitrogens with one attached hydrogen (secondary N) is 2. The van der Waals surface area contributed by atoms with Crippen molar-refractivity contribution in [3.05, 3.63) is 63.4 Å². The number of hydrogen-bond acceptors (Lipinski definition) is 4. The van der Waals surface area contributed by atoms with E-state index in [1.165, 1.54) is 12.3 Å². The largest absolute Gasteiger partial charge is 0.370 e. The molecule has 7 heteroatoms. The normalized spacial score (nSPS) is 10.8. The van der Waals surface area contributed by atoms with Crippen molar-refractivity contribution < 1.29 is 4.92 Å². The molecule has 3 aromatic rings. The third-order valence-electron chi connectivity index (χ3n) is 3.39. The van der Waals surface area contributed by atoms with E-state index in [2.05, 4.69) is 15.3 Å². The molecule has 0 saturated carbocycles. The highest BCUT2D eigenvalue weighted by Crippen LogP contribution is 2.22. The Morgan fingerprint density at radius 1 is 1.32 bits per heavy atom. The van der Waals surface area contributed by atoms with Crippen LogP contribution in [-0.2, 0) is 6.42 Å². The molecular formula is C15H13ClN4O2. The van der Waals surface area contributed by atoms with Crippen LogP contribution in [0.1, 0.15) is 5.56 Å². The maximum absolute atomic E-state index is 10.6. The first kappa shape index (κ1) is 14.3. The molecule has 2 aromatic heterocycles. The molecule has 3 rings (SSSR count). The Bertz CT molecular complexity index is 814.